The van der Waals surface area contributed by atoms with E-state index in [9.17, 15) is 4.79 Å². The van der Waals surface area contributed by atoms with Gasteiger partial charge in [0.15, 0.2) is 11.5 Å². The van der Waals surface area contributed by atoms with E-state index in [0.29, 0.717) is 45.5 Å². The highest BCUT2D eigenvalue weighted by Crippen LogP contribution is 2.39. The number of amides is 1. The monoisotopic (exact) mass is 513 g/mol. The molecule has 1 atom stereocenters. The summed E-state index contributed by atoms with van der Waals surface area (Å²) in [7, 11) is 1.57. The molecule has 0 saturated carbocycles. The lowest BCUT2D eigenvalue weighted by molar-refractivity contribution is -0.115. The number of ether oxygens (including phenoxy) is 2. The van der Waals surface area contributed by atoms with Crippen LogP contribution >= 0.6 is 23.4 Å². The highest BCUT2D eigenvalue weighted by Gasteiger charge is 2.34. The molecule has 2 heterocycles. The zero-order valence-electron chi connectivity index (χ0n) is 19.9. The summed E-state index contributed by atoms with van der Waals surface area (Å²) in [5.41, 5.74) is 8.51. The number of thioether (sulfide) groups is 1. The molecule has 3 aromatic rings. The zero-order valence-corrected chi connectivity index (χ0v) is 21.4. The van der Waals surface area contributed by atoms with Crippen LogP contribution in [0.3, 0.4) is 0 Å². The molecule has 8 nitrogen and oxygen atoms in total. The maximum Gasteiger partial charge on any atom is 0.248 e. The number of carbonyl (C=O) groups is 1. The fourth-order valence-corrected chi connectivity index (χ4v) is 4.97. The number of benzene rings is 2. The van der Waals surface area contributed by atoms with Gasteiger partial charge < -0.3 is 20.5 Å². The Labute approximate surface area is 213 Å². The van der Waals surface area contributed by atoms with Crippen LogP contribution in [0, 0.1) is 0 Å². The molecule has 4 rings (SSSR count). The third-order valence-corrected chi connectivity index (χ3v) is 6.96. The van der Waals surface area contributed by atoms with Gasteiger partial charge in [-0.05, 0) is 37.1 Å². The summed E-state index contributed by atoms with van der Waals surface area (Å²) in [6, 6.07) is 12.5. The van der Waals surface area contributed by atoms with Crippen molar-refractivity contribution in [2.75, 3.05) is 18.2 Å². The molecular weight excluding hydrogens is 486 g/mol. The Morgan fingerprint density at radius 1 is 1.26 bits per heavy atom. The third-order valence-electron chi connectivity index (χ3n) is 5.67. The summed E-state index contributed by atoms with van der Waals surface area (Å²) in [6.45, 7) is 4.25. The Morgan fingerprint density at radius 3 is 2.77 bits per heavy atom. The van der Waals surface area contributed by atoms with Gasteiger partial charge >= 0.3 is 0 Å². The van der Waals surface area contributed by atoms with Crippen LogP contribution < -0.4 is 20.5 Å². The van der Waals surface area contributed by atoms with Crippen molar-refractivity contribution in [3.05, 3.63) is 69.9 Å². The molecule has 1 aliphatic rings. The van der Waals surface area contributed by atoms with Crippen LogP contribution in [-0.2, 0) is 11.4 Å². The smallest absolute Gasteiger partial charge is 0.248 e. The molecule has 0 aliphatic carbocycles. The van der Waals surface area contributed by atoms with Crippen LogP contribution in [0.5, 0.6) is 11.5 Å². The molecule has 1 aromatic heterocycles. The molecular formula is C25H28ClN5O3S. The lowest BCUT2D eigenvalue weighted by Gasteiger charge is -2.28. The SMILES string of the molecule is CCCCSc1nc2n(n1)C(c1ccc(OCc3ccccc3Cl)c(OC)c1)C(C(N)=O)=C(C)N2. The molecule has 35 heavy (non-hydrogen) atoms. The number of methoxy groups -OCH3 is 1. The second-order valence-corrected chi connectivity index (χ2v) is 9.55. The normalized spacial score (nSPS) is 14.9. The number of primary amides is 1. The van der Waals surface area contributed by atoms with Crippen molar-refractivity contribution < 1.29 is 14.3 Å². The first-order valence-corrected chi connectivity index (χ1v) is 12.7. The van der Waals surface area contributed by atoms with Gasteiger partial charge in [0.1, 0.15) is 12.6 Å². The fourth-order valence-electron chi connectivity index (χ4n) is 3.87. The first kappa shape index (κ1) is 24.9. The van der Waals surface area contributed by atoms with Gasteiger partial charge in [-0.2, -0.15) is 4.98 Å². The number of hydrogen-bond donors (Lipinski definition) is 2. The molecule has 3 N–H and O–H groups in total. The molecule has 10 heteroatoms. The number of halogens is 1. The van der Waals surface area contributed by atoms with Crippen LogP contribution in [0.15, 0.2) is 58.9 Å². The van der Waals surface area contributed by atoms with Gasteiger partial charge in [0.2, 0.25) is 17.0 Å². The number of unbranched alkanes of at least 4 members (excludes halogenated alkanes) is 1. The van der Waals surface area contributed by atoms with E-state index >= 15 is 0 Å². The number of allylic oxidation sites excluding steroid dienone is 1. The number of aromatic nitrogens is 3. The molecule has 1 aliphatic heterocycles. The van der Waals surface area contributed by atoms with Gasteiger partial charge in [-0.3, -0.25) is 4.79 Å². The second-order valence-electron chi connectivity index (χ2n) is 8.09. The minimum Gasteiger partial charge on any atom is -0.493 e. The molecule has 1 amide bonds. The van der Waals surface area contributed by atoms with Crippen molar-refractivity contribution in [3.63, 3.8) is 0 Å². The van der Waals surface area contributed by atoms with Crippen molar-refractivity contribution in [3.8, 4) is 11.5 Å². The molecule has 1 unspecified atom stereocenters. The van der Waals surface area contributed by atoms with Crippen LogP contribution in [0.1, 0.15) is 43.9 Å². The van der Waals surface area contributed by atoms with Crippen molar-refractivity contribution in [1.82, 2.24) is 14.8 Å². The molecule has 184 valence electrons. The summed E-state index contributed by atoms with van der Waals surface area (Å²) < 4.78 is 13.3. The van der Waals surface area contributed by atoms with Gasteiger partial charge in [-0.1, -0.05) is 61.0 Å². The molecule has 0 saturated heterocycles. The summed E-state index contributed by atoms with van der Waals surface area (Å²) in [5.74, 6) is 2.04. The zero-order chi connectivity index (χ0) is 24.9. The number of hydrogen-bond acceptors (Lipinski definition) is 7. The summed E-state index contributed by atoms with van der Waals surface area (Å²) in [6.07, 6.45) is 2.17. The maximum absolute atomic E-state index is 12.5. The van der Waals surface area contributed by atoms with Crippen molar-refractivity contribution >= 4 is 35.2 Å². The molecule has 0 fully saturated rings. The van der Waals surface area contributed by atoms with E-state index < -0.39 is 11.9 Å². The highest BCUT2D eigenvalue weighted by atomic mass is 35.5. The van der Waals surface area contributed by atoms with E-state index in [2.05, 4.69) is 22.3 Å². The van der Waals surface area contributed by atoms with Crippen molar-refractivity contribution in [1.29, 1.82) is 0 Å². The standard InChI is InChI=1S/C25H28ClN5O3S/c1-4-5-12-35-25-29-24-28-15(2)21(23(27)32)22(31(24)30-25)16-10-11-19(20(13-16)33-3)34-14-17-8-6-7-9-18(17)26/h6-11,13,22H,4-5,12,14H2,1-3H3,(H2,27,32)(H,28,29,30). The Kier molecular flexibility index (Phi) is 7.87. The largest absolute Gasteiger partial charge is 0.493 e. The predicted octanol–water partition coefficient (Wildman–Crippen LogP) is 5.19. The maximum atomic E-state index is 12.5. The fraction of sp³-hybridized carbons (Fsp3) is 0.320. The van der Waals surface area contributed by atoms with Crippen LogP contribution in [0.2, 0.25) is 5.02 Å². The highest BCUT2D eigenvalue weighted by molar-refractivity contribution is 7.99. The first-order valence-electron chi connectivity index (χ1n) is 11.3. The van der Waals surface area contributed by atoms with E-state index in [1.54, 1.807) is 23.6 Å². The molecule has 0 radical (unpaired) electrons. The Morgan fingerprint density at radius 2 is 2.06 bits per heavy atom. The summed E-state index contributed by atoms with van der Waals surface area (Å²) >= 11 is 7.85. The van der Waals surface area contributed by atoms with E-state index in [4.69, 9.17) is 26.8 Å². The van der Waals surface area contributed by atoms with Crippen molar-refractivity contribution in [2.45, 2.75) is 44.5 Å². The quantitative estimate of drug-likeness (QED) is 0.284. The second kappa shape index (κ2) is 11.0. The lowest BCUT2D eigenvalue weighted by atomic mass is 9.95. The Bertz CT molecular complexity index is 1260. The number of carbonyl (C=O) groups excluding carboxylic acids is 1. The average molecular weight is 514 g/mol. The lowest BCUT2D eigenvalue weighted by Crippen LogP contribution is -2.31. The Hall–Kier alpha value is -3.17. The summed E-state index contributed by atoms with van der Waals surface area (Å²) in [5, 5.41) is 9.14. The topological polar surface area (TPSA) is 104 Å². The van der Waals surface area contributed by atoms with Gasteiger partial charge in [-0.25, -0.2) is 4.68 Å². The average Bonchev–Trinajstić information content (AvgIpc) is 3.24. The molecule has 0 spiro atoms. The number of nitrogens with one attached hydrogen (secondary N) is 1. The summed E-state index contributed by atoms with van der Waals surface area (Å²) in [4.78, 5) is 17.1. The minimum absolute atomic E-state index is 0.292. The van der Waals surface area contributed by atoms with Crippen LogP contribution in [-0.4, -0.2) is 33.5 Å². The number of rotatable bonds is 10. The van der Waals surface area contributed by atoms with Crippen LogP contribution in [0.25, 0.3) is 0 Å². The molecule has 2 aromatic carbocycles. The molecule has 0 bridgehead atoms. The first-order chi connectivity index (χ1) is 16.9. The van der Waals surface area contributed by atoms with Gasteiger partial charge in [0.05, 0.1) is 12.7 Å². The number of anilines is 1. The van der Waals surface area contributed by atoms with Gasteiger partial charge in [0, 0.05) is 22.0 Å². The minimum atomic E-state index is -0.553. The predicted molar refractivity (Wildman–Crippen MR) is 138 cm³/mol. The van der Waals surface area contributed by atoms with E-state index in [0.717, 1.165) is 29.7 Å². The Balaban J connectivity index is 1.67. The number of fused-ring (bicyclic) bond motifs is 1. The third kappa shape index (κ3) is 5.41. The number of nitrogens with zero attached hydrogens (tertiary/aromatic N) is 3. The van der Waals surface area contributed by atoms with Crippen molar-refractivity contribution in [2.24, 2.45) is 5.73 Å². The van der Waals surface area contributed by atoms with E-state index in [-0.39, 0.29) is 0 Å². The van der Waals surface area contributed by atoms with Gasteiger partial charge in [-0.15, -0.1) is 5.10 Å². The van der Waals surface area contributed by atoms with Crippen LogP contribution in [0.4, 0.5) is 5.95 Å². The van der Waals surface area contributed by atoms with E-state index in [1.807, 2.05) is 49.4 Å². The van der Waals surface area contributed by atoms with Gasteiger partial charge in [0.25, 0.3) is 0 Å². The number of nitrogens with two attached hydrogens (primary N) is 1. The van der Waals surface area contributed by atoms with E-state index in [1.165, 1.54) is 0 Å².